The number of nitrogens with zero attached hydrogens (tertiary/aromatic N) is 5. The third-order valence-corrected chi connectivity index (χ3v) is 8.07. The zero-order valence-electron chi connectivity index (χ0n) is 27.0. The van der Waals surface area contributed by atoms with Crippen LogP contribution >= 0.6 is 0 Å². The predicted octanol–water partition coefficient (Wildman–Crippen LogP) is 5.77. The number of hydrogen-bond acceptors (Lipinski definition) is 17. The number of benzene rings is 4. The van der Waals surface area contributed by atoms with Crippen molar-refractivity contribution in [2.24, 2.45) is 10.2 Å². The van der Waals surface area contributed by atoms with E-state index in [1.54, 1.807) is 49.4 Å². The SMILES string of the molecule is CC(=O)c1ccc(Nc2nc(NCCO)nc(Nc3cc(S(=O)(=O)O)cc4cc(C)c(N=Nc5cc(COO)cc(COO)c5)c(O)c34)n2)cc1. The van der Waals surface area contributed by atoms with Crippen molar-refractivity contribution in [3.8, 4) is 5.75 Å². The molecule has 0 bridgehead atoms. The highest BCUT2D eigenvalue weighted by Gasteiger charge is 2.21. The Balaban J connectivity index is 1.60. The minimum Gasteiger partial charge on any atom is -0.505 e. The minimum absolute atomic E-state index is 0.00577. The molecule has 1 heterocycles. The Morgan fingerprint density at radius 1 is 0.863 bits per heavy atom. The number of azo groups is 1. The van der Waals surface area contributed by atoms with Crippen molar-refractivity contribution in [3.05, 3.63) is 82.9 Å². The number of aliphatic hydroxyl groups excluding tert-OH is 1. The molecule has 266 valence electrons. The summed E-state index contributed by atoms with van der Waals surface area (Å²) in [5, 5.41) is 56.2. The lowest BCUT2D eigenvalue weighted by molar-refractivity contribution is -0.254. The van der Waals surface area contributed by atoms with Crippen molar-refractivity contribution in [1.82, 2.24) is 15.0 Å². The van der Waals surface area contributed by atoms with Crippen molar-refractivity contribution in [1.29, 1.82) is 0 Å². The molecule has 0 aliphatic rings. The Morgan fingerprint density at radius 3 is 2.08 bits per heavy atom. The fourth-order valence-corrected chi connectivity index (χ4v) is 5.53. The van der Waals surface area contributed by atoms with Crippen LogP contribution in [0.25, 0.3) is 10.8 Å². The summed E-state index contributed by atoms with van der Waals surface area (Å²) in [6, 6.07) is 15.0. The van der Waals surface area contributed by atoms with Crippen LogP contribution in [0.5, 0.6) is 5.75 Å². The van der Waals surface area contributed by atoms with Crippen molar-refractivity contribution in [2.75, 3.05) is 29.1 Å². The molecule has 0 fully saturated rings. The summed E-state index contributed by atoms with van der Waals surface area (Å²) in [6.45, 7) is 2.50. The second-order valence-corrected chi connectivity index (χ2v) is 12.5. The monoisotopic (exact) mass is 720 g/mol. The van der Waals surface area contributed by atoms with E-state index < -0.39 is 20.8 Å². The van der Waals surface area contributed by atoms with Gasteiger partial charge >= 0.3 is 0 Å². The predicted molar refractivity (Wildman–Crippen MR) is 184 cm³/mol. The summed E-state index contributed by atoms with van der Waals surface area (Å²) in [6.07, 6.45) is 0. The van der Waals surface area contributed by atoms with Crippen LogP contribution < -0.4 is 16.0 Å². The molecule has 0 unspecified atom stereocenters. The van der Waals surface area contributed by atoms with Crippen LogP contribution in [0.15, 0.2) is 75.8 Å². The van der Waals surface area contributed by atoms with Crippen LogP contribution in [0.1, 0.15) is 34.0 Å². The molecule has 18 nitrogen and oxygen atoms in total. The number of phenolic OH excluding ortho intramolecular Hbond substituents is 1. The third kappa shape index (κ3) is 9.12. The lowest BCUT2D eigenvalue weighted by Crippen LogP contribution is -2.12. The molecule has 8 N–H and O–H groups in total. The van der Waals surface area contributed by atoms with E-state index in [0.717, 1.165) is 6.07 Å². The van der Waals surface area contributed by atoms with E-state index in [4.69, 9.17) is 10.5 Å². The summed E-state index contributed by atoms with van der Waals surface area (Å²) in [5.41, 5.74) is 2.59. The van der Waals surface area contributed by atoms with Crippen LogP contribution in [0.4, 0.5) is 40.6 Å². The molecule has 0 saturated heterocycles. The number of phenols is 1. The van der Waals surface area contributed by atoms with Gasteiger partial charge in [-0.15, -0.1) is 5.11 Å². The highest BCUT2D eigenvalue weighted by molar-refractivity contribution is 7.85. The van der Waals surface area contributed by atoms with Gasteiger partial charge in [0.1, 0.15) is 18.9 Å². The van der Waals surface area contributed by atoms with E-state index in [1.165, 1.54) is 19.1 Å². The van der Waals surface area contributed by atoms with Gasteiger partial charge in [-0.25, -0.2) is 9.78 Å². The Hall–Kier alpha value is -5.67. The summed E-state index contributed by atoms with van der Waals surface area (Å²) < 4.78 is 34.6. The average Bonchev–Trinajstić information content (AvgIpc) is 3.07. The number of aromatic nitrogens is 3. The largest absolute Gasteiger partial charge is 0.505 e. The highest BCUT2D eigenvalue weighted by atomic mass is 32.2. The van der Waals surface area contributed by atoms with Crippen molar-refractivity contribution >= 4 is 67.3 Å². The van der Waals surface area contributed by atoms with E-state index in [1.807, 2.05) is 0 Å². The maximum atomic E-state index is 12.3. The number of anilines is 5. The number of aliphatic hydroxyl groups is 1. The number of rotatable bonds is 15. The van der Waals surface area contributed by atoms with E-state index in [0.29, 0.717) is 27.9 Å². The van der Waals surface area contributed by atoms with E-state index >= 15 is 0 Å². The van der Waals surface area contributed by atoms with Crippen molar-refractivity contribution < 1.29 is 48.3 Å². The Labute approximate surface area is 290 Å². The smallest absolute Gasteiger partial charge is 0.294 e. The first-order valence-corrected chi connectivity index (χ1v) is 16.4. The first kappa shape index (κ1) is 36.6. The van der Waals surface area contributed by atoms with Crippen LogP contribution in [0.2, 0.25) is 0 Å². The van der Waals surface area contributed by atoms with Gasteiger partial charge in [-0.05, 0) is 90.5 Å². The van der Waals surface area contributed by atoms with Gasteiger partial charge in [0.05, 0.1) is 22.9 Å². The lowest BCUT2D eigenvalue weighted by Gasteiger charge is -2.15. The van der Waals surface area contributed by atoms with E-state index in [-0.39, 0.29) is 77.8 Å². The molecule has 19 heteroatoms. The Morgan fingerprint density at radius 2 is 1.49 bits per heavy atom. The molecule has 0 saturated carbocycles. The van der Waals surface area contributed by atoms with Gasteiger partial charge in [0.15, 0.2) is 11.5 Å². The summed E-state index contributed by atoms with van der Waals surface area (Å²) in [5.74, 6) is -0.617. The number of carbonyl (C=O) groups excluding carboxylic acids is 1. The molecule has 51 heavy (non-hydrogen) atoms. The van der Waals surface area contributed by atoms with Crippen LogP contribution in [0.3, 0.4) is 0 Å². The first-order valence-electron chi connectivity index (χ1n) is 15.0. The zero-order chi connectivity index (χ0) is 36.7. The topological polar surface area (TPSA) is 270 Å². The molecule has 0 radical (unpaired) electrons. The van der Waals surface area contributed by atoms with Gasteiger partial charge in [0, 0.05) is 23.2 Å². The maximum absolute atomic E-state index is 12.3. The molecular weight excluding hydrogens is 688 g/mol. The molecule has 0 spiro atoms. The fourth-order valence-electron chi connectivity index (χ4n) is 4.99. The number of aryl methyl sites for hydroxylation is 1. The molecule has 0 aliphatic carbocycles. The van der Waals surface area contributed by atoms with Crippen molar-refractivity contribution in [3.63, 3.8) is 0 Å². The molecule has 5 aromatic rings. The van der Waals surface area contributed by atoms with Crippen LogP contribution in [-0.2, 0) is 33.1 Å². The number of carbonyl (C=O) groups is 1. The van der Waals surface area contributed by atoms with E-state index in [2.05, 4.69) is 50.9 Å². The number of hydrogen-bond donors (Lipinski definition) is 8. The molecule has 1 aromatic heterocycles. The van der Waals surface area contributed by atoms with Gasteiger partial charge in [0.2, 0.25) is 17.8 Å². The minimum atomic E-state index is -4.74. The Kier molecular flexibility index (Phi) is 11.4. The lowest BCUT2D eigenvalue weighted by atomic mass is 10.0. The first-order chi connectivity index (χ1) is 24.4. The molecule has 0 atom stereocenters. The quantitative estimate of drug-likeness (QED) is 0.0209. The molecule has 5 rings (SSSR count). The van der Waals surface area contributed by atoms with Gasteiger partial charge in [0.25, 0.3) is 10.1 Å². The standard InChI is InChI=1S/C32H32N8O10S/c1-17-9-22-13-25(51(46,47)48)14-26(27(22)29(43)28(17)40-39-24-11-19(15-49-44)10-20(12-24)16-50-45)35-32-37-30(33-7-8-41)36-31(38-32)34-23-5-3-21(4-6-23)18(2)42/h3-6,9-14,41,43-45H,7-8,15-16H2,1-2H3,(H,46,47,48)(H3,33,34,35,36,37,38). The molecule has 0 amide bonds. The normalized spacial score (nSPS) is 11.6. The number of nitrogens with one attached hydrogen (secondary N) is 3. The maximum Gasteiger partial charge on any atom is 0.294 e. The molecular formula is C32H32N8O10S. The number of aromatic hydroxyl groups is 1. The number of fused-ring (bicyclic) bond motifs is 1. The summed E-state index contributed by atoms with van der Waals surface area (Å²) in [7, 11) is -4.74. The van der Waals surface area contributed by atoms with Gasteiger partial charge in [-0.3, -0.25) is 19.9 Å². The second kappa shape index (κ2) is 15.9. The number of ketones is 1. The van der Waals surface area contributed by atoms with Crippen LogP contribution in [-0.4, -0.2) is 67.6 Å². The zero-order valence-corrected chi connectivity index (χ0v) is 27.8. The van der Waals surface area contributed by atoms with Gasteiger partial charge < -0.3 is 26.2 Å². The van der Waals surface area contributed by atoms with E-state index in [9.17, 15) is 28.0 Å². The van der Waals surface area contributed by atoms with Gasteiger partial charge in [-0.2, -0.15) is 28.5 Å². The molecule has 0 aliphatic heterocycles. The van der Waals surface area contributed by atoms with Gasteiger partial charge in [-0.1, -0.05) is 6.07 Å². The van der Waals surface area contributed by atoms with Crippen molar-refractivity contribution in [2.45, 2.75) is 32.0 Å². The number of Topliss-reactive ketones (excluding diaryl/α,β-unsaturated/α-hetero) is 1. The summed E-state index contributed by atoms with van der Waals surface area (Å²) >= 11 is 0. The van der Waals surface area contributed by atoms with Crippen LogP contribution in [0, 0.1) is 6.92 Å². The molecule has 4 aromatic carbocycles. The fraction of sp³-hybridized carbons (Fsp3) is 0.188. The average molecular weight is 721 g/mol. The summed E-state index contributed by atoms with van der Waals surface area (Å²) in [4.78, 5) is 32.6. The second-order valence-electron chi connectivity index (χ2n) is 11.0. The third-order valence-electron chi connectivity index (χ3n) is 7.24. The highest BCUT2D eigenvalue weighted by Crippen LogP contribution is 2.44. The Bertz CT molecular complexity index is 2190.